The van der Waals surface area contributed by atoms with Crippen molar-refractivity contribution in [2.24, 2.45) is 11.8 Å². The van der Waals surface area contributed by atoms with E-state index in [-0.39, 0.29) is 23.9 Å². The van der Waals surface area contributed by atoms with Crippen LogP contribution in [0.3, 0.4) is 0 Å². The zero-order valence-electron chi connectivity index (χ0n) is 14.4. The molecule has 2 N–H and O–H groups in total. The van der Waals surface area contributed by atoms with Crippen molar-refractivity contribution in [1.29, 1.82) is 0 Å². The monoisotopic (exact) mass is 346 g/mol. The fourth-order valence-corrected chi connectivity index (χ4v) is 4.85. The van der Waals surface area contributed by atoms with Crippen molar-refractivity contribution in [3.8, 4) is 0 Å². The second-order valence-corrected chi connectivity index (χ2v) is 7.74. The first-order valence-corrected chi connectivity index (χ1v) is 10.1. The predicted molar refractivity (Wildman–Crippen MR) is 97.1 cm³/mol. The lowest BCUT2D eigenvalue weighted by atomic mass is 9.70. The van der Waals surface area contributed by atoms with Gasteiger partial charge in [0, 0.05) is 23.4 Å². The molecule has 0 radical (unpaired) electrons. The number of benzene rings is 1. The number of amides is 2. The van der Waals surface area contributed by atoms with Gasteiger partial charge in [0.25, 0.3) is 5.91 Å². The summed E-state index contributed by atoms with van der Waals surface area (Å²) in [5.74, 6) is 1.23. The summed E-state index contributed by atoms with van der Waals surface area (Å²) in [7, 11) is 0. The van der Waals surface area contributed by atoms with E-state index in [1.807, 2.05) is 30.5 Å². The highest BCUT2D eigenvalue weighted by Gasteiger charge is 2.40. The normalized spacial score (nSPS) is 29.5. The molecule has 1 aliphatic heterocycles. The molecule has 130 valence electrons. The minimum absolute atomic E-state index is 0.00224. The van der Waals surface area contributed by atoms with Gasteiger partial charge < -0.3 is 10.6 Å². The highest BCUT2D eigenvalue weighted by molar-refractivity contribution is 7.98. The summed E-state index contributed by atoms with van der Waals surface area (Å²) in [6, 6.07) is 8.07. The van der Waals surface area contributed by atoms with Crippen molar-refractivity contribution in [2.75, 3.05) is 6.26 Å². The van der Waals surface area contributed by atoms with E-state index in [1.54, 1.807) is 11.8 Å². The number of piperidine rings is 1. The molecule has 1 saturated heterocycles. The molecule has 1 heterocycles. The number of carbonyl (C=O) groups is 2. The van der Waals surface area contributed by atoms with Crippen LogP contribution < -0.4 is 10.6 Å². The summed E-state index contributed by atoms with van der Waals surface area (Å²) in [5, 5.41) is 6.34. The summed E-state index contributed by atoms with van der Waals surface area (Å²) in [4.78, 5) is 25.5. The molecule has 2 amide bonds. The van der Waals surface area contributed by atoms with E-state index in [0.717, 1.165) is 36.1 Å². The van der Waals surface area contributed by atoms with Crippen LogP contribution in [0.1, 0.15) is 49.4 Å². The van der Waals surface area contributed by atoms with E-state index in [1.165, 1.54) is 0 Å². The number of thioether (sulfide) groups is 1. The van der Waals surface area contributed by atoms with Crippen LogP contribution in [0, 0.1) is 11.8 Å². The SMILES string of the molecule is CCC1CC(=O)NC2CC(NC(=O)c3ccccc3SC)CCC12. The van der Waals surface area contributed by atoms with Crippen LogP contribution in [0.25, 0.3) is 0 Å². The predicted octanol–water partition coefficient (Wildman–Crippen LogP) is 3.22. The second kappa shape index (κ2) is 7.60. The first-order chi connectivity index (χ1) is 11.6. The van der Waals surface area contributed by atoms with Crippen LogP contribution in [0.2, 0.25) is 0 Å². The number of hydrogen-bond donors (Lipinski definition) is 2. The highest BCUT2D eigenvalue weighted by atomic mass is 32.2. The van der Waals surface area contributed by atoms with Gasteiger partial charge in [0.1, 0.15) is 0 Å². The molecule has 0 spiro atoms. The third-order valence-corrected chi connectivity index (χ3v) is 6.31. The Morgan fingerprint density at radius 1 is 1.33 bits per heavy atom. The molecule has 5 heteroatoms. The fraction of sp³-hybridized carbons (Fsp3) is 0.579. The first kappa shape index (κ1) is 17.3. The zero-order chi connectivity index (χ0) is 17.1. The van der Waals surface area contributed by atoms with Crippen LogP contribution in [-0.2, 0) is 4.79 Å². The molecule has 2 fully saturated rings. The molecule has 1 aliphatic carbocycles. The van der Waals surface area contributed by atoms with Gasteiger partial charge in [0.15, 0.2) is 0 Å². The van der Waals surface area contributed by atoms with Gasteiger partial charge in [0.2, 0.25) is 5.91 Å². The minimum atomic E-state index is -0.00224. The highest BCUT2D eigenvalue weighted by Crippen LogP contribution is 2.37. The van der Waals surface area contributed by atoms with Crippen LogP contribution in [0.4, 0.5) is 0 Å². The summed E-state index contributed by atoms with van der Waals surface area (Å²) in [6.07, 6.45) is 6.64. The molecule has 1 aromatic carbocycles. The number of rotatable bonds is 4. The smallest absolute Gasteiger partial charge is 0.252 e. The Kier molecular flexibility index (Phi) is 5.49. The number of hydrogen-bond acceptors (Lipinski definition) is 3. The number of nitrogens with one attached hydrogen (secondary N) is 2. The molecule has 4 atom stereocenters. The molecule has 1 aromatic rings. The molecule has 4 unspecified atom stereocenters. The van der Waals surface area contributed by atoms with E-state index >= 15 is 0 Å². The molecule has 24 heavy (non-hydrogen) atoms. The Balaban J connectivity index is 1.65. The summed E-state index contributed by atoms with van der Waals surface area (Å²) in [5.41, 5.74) is 0.742. The maximum absolute atomic E-state index is 12.6. The van der Waals surface area contributed by atoms with Gasteiger partial charge in [-0.1, -0.05) is 25.5 Å². The van der Waals surface area contributed by atoms with Crippen LogP contribution in [0.5, 0.6) is 0 Å². The van der Waals surface area contributed by atoms with Gasteiger partial charge in [-0.05, 0) is 49.5 Å². The lowest BCUT2D eigenvalue weighted by Crippen LogP contribution is -2.55. The average molecular weight is 346 g/mol. The van der Waals surface area contributed by atoms with Crippen molar-refractivity contribution in [3.63, 3.8) is 0 Å². The number of carbonyl (C=O) groups excluding carboxylic acids is 2. The van der Waals surface area contributed by atoms with Crippen molar-refractivity contribution in [3.05, 3.63) is 29.8 Å². The Hall–Kier alpha value is -1.49. The molecular weight excluding hydrogens is 320 g/mol. The van der Waals surface area contributed by atoms with Gasteiger partial charge in [0.05, 0.1) is 5.56 Å². The van der Waals surface area contributed by atoms with E-state index in [4.69, 9.17) is 0 Å². The topological polar surface area (TPSA) is 58.2 Å². The summed E-state index contributed by atoms with van der Waals surface area (Å²) >= 11 is 1.59. The molecule has 0 aromatic heterocycles. The first-order valence-electron chi connectivity index (χ1n) is 8.85. The van der Waals surface area contributed by atoms with Crippen molar-refractivity contribution in [1.82, 2.24) is 10.6 Å². The van der Waals surface area contributed by atoms with Gasteiger partial charge in [-0.25, -0.2) is 0 Å². The standard InChI is InChI=1S/C19H26N2O2S/c1-3-12-10-18(22)21-16-11-13(8-9-14(12)16)20-19(23)15-6-4-5-7-17(15)24-2/h4-7,12-14,16H,3,8-11H2,1-2H3,(H,20,23)(H,21,22). The van der Waals surface area contributed by atoms with Crippen LogP contribution in [-0.4, -0.2) is 30.2 Å². The van der Waals surface area contributed by atoms with E-state index in [2.05, 4.69) is 17.6 Å². The molecular formula is C19H26N2O2S. The van der Waals surface area contributed by atoms with Gasteiger partial charge >= 0.3 is 0 Å². The van der Waals surface area contributed by atoms with E-state index < -0.39 is 0 Å². The Morgan fingerprint density at radius 3 is 2.88 bits per heavy atom. The fourth-order valence-electron chi connectivity index (χ4n) is 4.25. The Bertz CT molecular complexity index is 619. The molecule has 1 saturated carbocycles. The molecule has 4 nitrogen and oxygen atoms in total. The van der Waals surface area contributed by atoms with Gasteiger partial charge in [-0.15, -0.1) is 11.8 Å². The van der Waals surface area contributed by atoms with Crippen molar-refractivity contribution < 1.29 is 9.59 Å². The van der Waals surface area contributed by atoms with Crippen molar-refractivity contribution >= 4 is 23.6 Å². The lowest BCUT2D eigenvalue weighted by Gasteiger charge is -2.44. The van der Waals surface area contributed by atoms with Crippen molar-refractivity contribution in [2.45, 2.75) is 56.0 Å². The molecule has 2 aliphatic rings. The maximum atomic E-state index is 12.6. The van der Waals surface area contributed by atoms with E-state index in [9.17, 15) is 9.59 Å². The summed E-state index contributed by atoms with van der Waals surface area (Å²) < 4.78 is 0. The minimum Gasteiger partial charge on any atom is -0.353 e. The largest absolute Gasteiger partial charge is 0.353 e. The quantitative estimate of drug-likeness (QED) is 0.823. The maximum Gasteiger partial charge on any atom is 0.252 e. The van der Waals surface area contributed by atoms with Crippen LogP contribution >= 0.6 is 11.8 Å². The lowest BCUT2D eigenvalue weighted by molar-refractivity contribution is -0.127. The summed E-state index contributed by atoms with van der Waals surface area (Å²) in [6.45, 7) is 2.17. The van der Waals surface area contributed by atoms with Gasteiger partial charge in [-0.3, -0.25) is 9.59 Å². The van der Waals surface area contributed by atoms with Gasteiger partial charge in [-0.2, -0.15) is 0 Å². The third kappa shape index (κ3) is 3.61. The Labute approximate surface area is 148 Å². The van der Waals surface area contributed by atoms with E-state index in [0.29, 0.717) is 18.3 Å². The third-order valence-electron chi connectivity index (χ3n) is 5.51. The van der Waals surface area contributed by atoms with Crippen LogP contribution in [0.15, 0.2) is 29.2 Å². The number of fused-ring (bicyclic) bond motifs is 1. The molecule has 3 rings (SSSR count). The second-order valence-electron chi connectivity index (χ2n) is 6.89. The Morgan fingerprint density at radius 2 is 2.12 bits per heavy atom. The zero-order valence-corrected chi connectivity index (χ0v) is 15.2. The molecule has 0 bridgehead atoms. The average Bonchev–Trinajstić information content (AvgIpc) is 2.60.